The van der Waals surface area contributed by atoms with E-state index in [4.69, 9.17) is 14.2 Å². The normalized spacial score (nSPS) is 16.6. The van der Waals surface area contributed by atoms with Crippen molar-refractivity contribution in [2.45, 2.75) is 45.9 Å². The number of methoxy groups -OCH3 is 1. The Morgan fingerprint density at radius 2 is 1.72 bits per heavy atom. The Bertz CT molecular complexity index is 1330. The van der Waals surface area contributed by atoms with Gasteiger partial charge in [0.15, 0.2) is 0 Å². The fourth-order valence-corrected chi connectivity index (χ4v) is 4.65. The molecule has 39 heavy (non-hydrogen) atoms. The van der Waals surface area contributed by atoms with Crippen molar-refractivity contribution < 1.29 is 28.9 Å². The molecule has 0 spiro atoms. The lowest BCUT2D eigenvalue weighted by molar-refractivity contribution is -0.140. The molecule has 3 aromatic rings. The Morgan fingerprint density at radius 1 is 1.00 bits per heavy atom. The number of rotatable bonds is 11. The highest BCUT2D eigenvalue weighted by molar-refractivity contribution is 6.46. The molecule has 1 atom stereocenters. The quantitative estimate of drug-likeness (QED) is 0.146. The number of Topliss-reactive ketones (excluding diaryl/α,β-unsaturated/α-hetero) is 1. The summed E-state index contributed by atoms with van der Waals surface area (Å²) >= 11 is 0. The second-order valence-electron chi connectivity index (χ2n) is 9.79. The minimum Gasteiger partial charge on any atom is -0.507 e. The van der Waals surface area contributed by atoms with Crippen LogP contribution in [-0.4, -0.2) is 48.1 Å². The van der Waals surface area contributed by atoms with Gasteiger partial charge in [-0.25, -0.2) is 0 Å². The molecule has 0 radical (unpaired) electrons. The van der Waals surface area contributed by atoms with Gasteiger partial charge in [0.1, 0.15) is 23.9 Å². The third-order valence-corrected chi connectivity index (χ3v) is 6.65. The van der Waals surface area contributed by atoms with E-state index in [2.05, 4.69) is 0 Å². The maximum atomic E-state index is 13.3. The van der Waals surface area contributed by atoms with Crippen LogP contribution >= 0.6 is 0 Å². The zero-order valence-electron chi connectivity index (χ0n) is 22.8. The van der Waals surface area contributed by atoms with Crippen molar-refractivity contribution in [1.82, 2.24) is 4.90 Å². The summed E-state index contributed by atoms with van der Waals surface area (Å²) in [5, 5.41) is 11.4. The molecular formula is C32H35NO6. The van der Waals surface area contributed by atoms with E-state index in [9.17, 15) is 14.7 Å². The van der Waals surface area contributed by atoms with Crippen molar-refractivity contribution >= 4 is 17.4 Å². The highest BCUT2D eigenvalue weighted by atomic mass is 16.5. The molecule has 204 valence electrons. The number of aliphatic hydroxyl groups is 1. The minimum atomic E-state index is -0.732. The Balaban J connectivity index is 1.65. The maximum absolute atomic E-state index is 13.3. The number of aryl methyl sites for hydroxylation is 1. The smallest absolute Gasteiger partial charge is 0.295 e. The van der Waals surface area contributed by atoms with Gasteiger partial charge < -0.3 is 24.2 Å². The van der Waals surface area contributed by atoms with E-state index in [0.717, 1.165) is 11.1 Å². The second-order valence-corrected chi connectivity index (χ2v) is 9.79. The number of nitrogens with zero attached hydrogens (tertiary/aromatic N) is 1. The van der Waals surface area contributed by atoms with Gasteiger partial charge in [-0.2, -0.15) is 0 Å². The van der Waals surface area contributed by atoms with Crippen molar-refractivity contribution in [3.8, 4) is 11.5 Å². The topological polar surface area (TPSA) is 85.3 Å². The fraction of sp³-hybridized carbons (Fsp3) is 0.312. The third-order valence-electron chi connectivity index (χ3n) is 6.65. The van der Waals surface area contributed by atoms with Crippen LogP contribution in [0.1, 0.15) is 48.6 Å². The fourth-order valence-electron chi connectivity index (χ4n) is 4.65. The summed E-state index contributed by atoms with van der Waals surface area (Å²) in [5.74, 6) is -0.232. The van der Waals surface area contributed by atoms with Crippen molar-refractivity contribution in [1.29, 1.82) is 0 Å². The number of carbonyl (C=O) groups is 2. The minimum absolute atomic E-state index is 0.0623. The van der Waals surface area contributed by atoms with Gasteiger partial charge in [0.25, 0.3) is 11.7 Å². The molecule has 3 aromatic carbocycles. The highest BCUT2D eigenvalue weighted by Gasteiger charge is 2.45. The molecule has 7 heteroatoms. The van der Waals surface area contributed by atoms with Gasteiger partial charge in [-0.3, -0.25) is 9.59 Å². The largest absolute Gasteiger partial charge is 0.507 e. The maximum Gasteiger partial charge on any atom is 0.295 e. The molecule has 0 aromatic heterocycles. The van der Waals surface area contributed by atoms with Gasteiger partial charge in [0, 0.05) is 18.7 Å². The van der Waals surface area contributed by atoms with Crippen LogP contribution in [0.25, 0.3) is 5.76 Å². The Labute approximate surface area is 229 Å². The summed E-state index contributed by atoms with van der Waals surface area (Å²) in [4.78, 5) is 28.0. The summed E-state index contributed by atoms with van der Waals surface area (Å²) in [5.41, 5.74) is 3.06. The van der Waals surface area contributed by atoms with Crippen LogP contribution in [0.15, 0.2) is 78.4 Å². The average molecular weight is 530 g/mol. The molecule has 1 aliphatic rings. The molecule has 1 saturated heterocycles. The number of amides is 1. The first-order chi connectivity index (χ1) is 18.8. The lowest BCUT2D eigenvalue weighted by atomic mass is 9.94. The number of hydrogen-bond donors (Lipinski definition) is 1. The predicted molar refractivity (Wildman–Crippen MR) is 150 cm³/mol. The van der Waals surface area contributed by atoms with Crippen molar-refractivity contribution in [2.75, 3.05) is 20.3 Å². The standard InChI is InChI=1S/C32H35NO6/c1-21(2)38-18-8-17-33-29(24-11-14-26(37-4)15-12-24)28(31(35)32(33)36)30(34)25-13-16-27(22(3)19-25)39-20-23-9-6-5-7-10-23/h5-7,9-16,19,21,29,34H,8,17-18,20H2,1-4H3/b30-28-. The first kappa shape index (κ1) is 27.9. The van der Waals surface area contributed by atoms with E-state index < -0.39 is 17.7 Å². The van der Waals surface area contributed by atoms with Gasteiger partial charge >= 0.3 is 0 Å². The summed E-state index contributed by atoms with van der Waals surface area (Å²) in [6.07, 6.45) is 0.630. The number of aliphatic hydroxyl groups excluding tert-OH is 1. The molecule has 0 bridgehead atoms. The van der Waals surface area contributed by atoms with Crippen LogP contribution < -0.4 is 9.47 Å². The van der Waals surface area contributed by atoms with E-state index in [-0.39, 0.29) is 17.4 Å². The second kappa shape index (κ2) is 12.6. The van der Waals surface area contributed by atoms with E-state index in [0.29, 0.717) is 48.8 Å². The lowest BCUT2D eigenvalue weighted by Gasteiger charge is -2.25. The summed E-state index contributed by atoms with van der Waals surface area (Å²) in [7, 11) is 1.57. The van der Waals surface area contributed by atoms with E-state index in [1.165, 1.54) is 4.90 Å². The van der Waals surface area contributed by atoms with E-state index >= 15 is 0 Å². The van der Waals surface area contributed by atoms with Crippen LogP contribution in [0.3, 0.4) is 0 Å². The summed E-state index contributed by atoms with van der Waals surface area (Å²) in [6.45, 7) is 6.96. The van der Waals surface area contributed by atoms with Crippen LogP contribution in [0.2, 0.25) is 0 Å². The summed E-state index contributed by atoms with van der Waals surface area (Å²) in [6, 6.07) is 21.5. The monoisotopic (exact) mass is 529 g/mol. The molecule has 1 amide bonds. The number of ether oxygens (including phenoxy) is 3. The first-order valence-electron chi connectivity index (χ1n) is 13.1. The number of benzene rings is 3. The SMILES string of the molecule is COc1ccc(C2/C(=C(/O)c3ccc(OCc4ccccc4)c(C)c3)C(=O)C(=O)N2CCCOC(C)C)cc1. The predicted octanol–water partition coefficient (Wildman–Crippen LogP) is 5.82. The Morgan fingerprint density at radius 3 is 2.36 bits per heavy atom. The molecular weight excluding hydrogens is 494 g/mol. The zero-order valence-corrected chi connectivity index (χ0v) is 22.8. The first-order valence-corrected chi connectivity index (χ1v) is 13.1. The van der Waals surface area contributed by atoms with Gasteiger partial charge in [-0.05, 0) is 74.2 Å². The number of carbonyl (C=O) groups excluding carboxylic acids is 2. The highest BCUT2D eigenvalue weighted by Crippen LogP contribution is 2.40. The molecule has 1 fully saturated rings. The number of ketones is 1. The van der Waals surface area contributed by atoms with E-state index in [1.54, 1.807) is 37.4 Å². The van der Waals surface area contributed by atoms with Gasteiger partial charge in [0.2, 0.25) is 0 Å². The molecule has 0 aliphatic carbocycles. The molecule has 1 N–H and O–H groups in total. The van der Waals surface area contributed by atoms with Crippen molar-refractivity contribution in [3.05, 3.63) is 101 Å². The number of hydrogen-bond acceptors (Lipinski definition) is 6. The lowest BCUT2D eigenvalue weighted by Crippen LogP contribution is -2.31. The van der Waals surface area contributed by atoms with Crippen LogP contribution in [0.4, 0.5) is 0 Å². The molecule has 4 rings (SSSR count). The average Bonchev–Trinajstić information content (AvgIpc) is 3.19. The third kappa shape index (κ3) is 6.49. The molecule has 1 heterocycles. The zero-order chi connectivity index (χ0) is 27.9. The number of likely N-dealkylation sites (tertiary alicyclic amines) is 1. The van der Waals surface area contributed by atoms with Gasteiger partial charge in [0.05, 0.1) is 24.8 Å². The van der Waals surface area contributed by atoms with Gasteiger partial charge in [-0.1, -0.05) is 42.5 Å². The molecule has 1 unspecified atom stereocenters. The van der Waals surface area contributed by atoms with E-state index in [1.807, 2.05) is 63.2 Å². The van der Waals surface area contributed by atoms with Crippen LogP contribution in [0.5, 0.6) is 11.5 Å². The molecule has 7 nitrogen and oxygen atoms in total. The summed E-state index contributed by atoms with van der Waals surface area (Å²) < 4.78 is 16.9. The van der Waals surface area contributed by atoms with Gasteiger partial charge in [-0.15, -0.1) is 0 Å². The molecule has 1 aliphatic heterocycles. The molecule has 0 saturated carbocycles. The Kier molecular flexibility index (Phi) is 9.04. The Hall–Kier alpha value is -4.10. The van der Waals surface area contributed by atoms with Crippen LogP contribution in [-0.2, 0) is 20.9 Å². The van der Waals surface area contributed by atoms with Crippen molar-refractivity contribution in [2.24, 2.45) is 0 Å². The van der Waals surface area contributed by atoms with Crippen LogP contribution in [0, 0.1) is 6.92 Å². The van der Waals surface area contributed by atoms with Crippen molar-refractivity contribution in [3.63, 3.8) is 0 Å².